The Morgan fingerprint density at radius 3 is 2.52 bits per heavy atom. The summed E-state index contributed by atoms with van der Waals surface area (Å²) in [5.74, 6) is 0.668. The highest BCUT2D eigenvalue weighted by Gasteiger charge is 2.24. The zero-order valence-electron chi connectivity index (χ0n) is 18.1. The number of carbonyl (C=O) groups is 1. The molecule has 1 heterocycles. The van der Waals surface area contributed by atoms with Crippen LogP contribution < -0.4 is 10.6 Å². The van der Waals surface area contributed by atoms with E-state index in [9.17, 15) is 4.79 Å². The number of nitrogens with one attached hydrogen (secondary N) is 2. The summed E-state index contributed by atoms with van der Waals surface area (Å²) < 4.78 is 5.10. The van der Waals surface area contributed by atoms with Crippen molar-refractivity contribution in [1.82, 2.24) is 20.4 Å². The van der Waals surface area contributed by atoms with Crippen molar-refractivity contribution in [2.24, 2.45) is 4.99 Å². The van der Waals surface area contributed by atoms with Crippen LogP contribution in [0.15, 0.2) is 35.3 Å². The Hall–Kier alpha value is -1.39. The standard InChI is InChI=1S/C21H35N5O2.HI/c1-17(18-8-6-5-7-9-18)26-13-10-19(11-14-26)24-21(22-12-15-28-4)23-16-20(27)25(2)3;/h5-9,17,19H,10-16H2,1-4H3,(H2,22,23,24);1H. The Bertz CT molecular complexity index is 619. The Labute approximate surface area is 192 Å². The van der Waals surface area contributed by atoms with E-state index in [-0.39, 0.29) is 36.4 Å². The minimum Gasteiger partial charge on any atom is -0.383 e. The Morgan fingerprint density at radius 2 is 1.93 bits per heavy atom. The molecule has 1 aromatic rings. The maximum absolute atomic E-state index is 11.9. The van der Waals surface area contributed by atoms with Gasteiger partial charge in [-0.15, -0.1) is 24.0 Å². The van der Waals surface area contributed by atoms with Crippen LogP contribution in [0.3, 0.4) is 0 Å². The number of likely N-dealkylation sites (tertiary alicyclic amines) is 1. The van der Waals surface area contributed by atoms with Crippen LogP contribution in [0, 0.1) is 0 Å². The van der Waals surface area contributed by atoms with Crippen molar-refractivity contribution in [1.29, 1.82) is 0 Å². The normalized spacial score (nSPS) is 16.6. The molecule has 1 amide bonds. The molecule has 1 aliphatic heterocycles. The molecule has 8 heteroatoms. The topological polar surface area (TPSA) is 69.2 Å². The fourth-order valence-corrected chi connectivity index (χ4v) is 3.28. The molecule has 2 N–H and O–H groups in total. The number of hydrogen-bond donors (Lipinski definition) is 2. The zero-order chi connectivity index (χ0) is 20.4. The van der Waals surface area contributed by atoms with Gasteiger partial charge in [-0.25, -0.2) is 4.99 Å². The molecule has 1 fully saturated rings. The molecule has 0 spiro atoms. The number of amides is 1. The molecule has 29 heavy (non-hydrogen) atoms. The molecule has 0 aliphatic carbocycles. The van der Waals surface area contributed by atoms with E-state index >= 15 is 0 Å². The van der Waals surface area contributed by atoms with Crippen LogP contribution in [0.5, 0.6) is 0 Å². The fourth-order valence-electron chi connectivity index (χ4n) is 3.28. The van der Waals surface area contributed by atoms with Crippen molar-refractivity contribution in [2.45, 2.75) is 31.8 Å². The van der Waals surface area contributed by atoms with Gasteiger partial charge in [0.2, 0.25) is 5.91 Å². The minimum atomic E-state index is -0.0145. The molecule has 1 aliphatic rings. The number of guanidine groups is 1. The average Bonchev–Trinajstić information content (AvgIpc) is 2.72. The van der Waals surface area contributed by atoms with Gasteiger partial charge < -0.3 is 20.3 Å². The molecule has 0 bridgehead atoms. The van der Waals surface area contributed by atoms with Gasteiger partial charge in [0, 0.05) is 52.9 Å². The molecule has 164 valence electrons. The van der Waals surface area contributed by atoms with E-state index in [1.807, 2.05) is 0 Å². The summed E-state index contributed by atoms with van der Waals surface area (Å²) in [7, 11) is 5.16. The molecule has 2 rings (SSSR count). The number of ether oxygens (including phenoxy) is 1. The lowest BCUT2D eigenvalue weighted by molar-refractivity contribution is -0.127. The highest BCUT2D eigenvalue weighted by Crippen LogP contribution is 2.23. The van der Waals surface area contributed by atoms with E-state index < -0.39 is 0 Å². The first-order valence-corrected chi connectivity index (χ1v) is 10.0. The van der Waals surface area contributed by atoms with Crippen LogP contribution in [-0.2, 0) is 9.53 Å². The van der Waals surface area contributed by atoms with Gasteiger partial charge in [-0.2, -0.15) is 0 Å². The number of likely N-dealkylation sites (N-methyl/N-ethyl adjacent to an activating group) is 1. The van der Waals surface area contributed by atoms with E-state index in [0.29, 0.717) is 31.2 Å². The first-order chi connectivity index (χ1) is 13.5. The van der Waals surface area contributed by atoms with Crippen molar-refractivity contribution in [3.05, 3.63) is 35.9 Å². The second-order valence-electron chi connectivity index (χ2n) is 7.41. The van der Waals surface area contributed by atoms with Crippen LogP contribution in [0.1, 0.15) is 31.4 Å². The number of halogens is 1. The predicted molar refractivity (Wildman–Crippen MR) is 129 cm³/mol. The quantitative estimate of drug-likeness (QED) is 0.239. The highest BCUT2D eigenvalue weighted by molar-refractivity contribution is 14.0. The summed E-state index contributed by atoms with van der Waals surface area (Å²) in [4.78, 5) is 20.4. The SMILES string of the molecule is COCCNC(=NCC(=O)N(C)C)NC1CCN(C(C)c2ccccc2)CC1.I. The number of rotatable bonds is 8. The lowest BCUT2D eigenvalue weighted by Gasteiger charge is -2.37. The van der Waals surface area contributed by atoms with E-state index in [4.69, 9.17) is 4.74 Å². The molecule has 7 nitrogen and oxygen atoms in total. The smallest absolute Gasteiger partial charge is 0.243 e. The van der Waals surface area contributed by atoms with Gasteiger partial charge in [-0.1, -0.05) is 30.3 Å². The Kier molecular flexibility index (Phi) is 12.2. The van der Waals surface area contributed by atoms with Gasteiger partial charge in [0.25, 0.3) is 0 Å². The van der Waals surface area contributed by atoms with Gasteiger partial charge in [-0.05, 0) is 25.3 Å². The lowest BCUT2D eigenvalue weighted by atomic mass is 10.0. The monoisotopic (exact) mass is 517 g/mol. The molecule has 1 aromatic carbocycles. The van der Waals surface area contributed by atoms with Crippen LogP contribution >= 0.6 is 24.0 Å². The predicted octanol–water partition coefficient (Wildman–Crippen LogP) is 2.10. The van der Waals surface area contributed by atoms with Gasteiger partial charge in [0.05, 0.1) is 6.61 Å². The number of benzene rings is 1. The maximum atomic E-state index is 11.9. The zero-order valence-corrected chi connectivity index (χ0v) is 20.4. The highest BCUT2D eigenvalue weighted by atomic mass is 127. The molecule has 0 radical (unpaired) electrons. The summed E-state index contributed by atoms with van der Waals surface area (Å²) in [5.41, 5.74) is 1.36. The Balaban J connectivity index is 0.00000420. The second-order valence-corrected chi connectivity index (χ2v) is 7.41. The average molecular weight is 517 g/mol. The molecular formula is C21H36IN5O2. The van der Waals surface area contributed by atoms with E-state index in [1.54, 1.807) is 26.1 Å². The third-order valence-corrected chi connectivity index (χ3v) is 5.17. The third-order valence-electron chi connectivity index (χ3n) is 5.17. The number of aliphatic imine (C=N–C) groups is 1. The summed E-state index contributed by atoms with van der Waals surface area (Å²) in [6, 6.07) is 11.4. The number of piperidine rings is 1. The second kappa shape index (κ2) is 13.8. The molecule has 1 unspecified atom stereocenters. The summed E-state index contributed by atoms with van der Waals surface area (Å²) in [6.45, 7) is 5.73. The molecule has 0 saturated carbocycles. The number of methoxy groups -OCH3 is 1. The first kappa shape index (κ1) is 25.6. The van der Waals surface area contributed by atoms with Crippen molar-refractivity contribution < 1.29 is 9.53 Å². The van der Waals surface area contributed by atoms with Crippen LogP contribution in [0.2, 0.25) is 0 Å². The van der Waals surface area contributed by atoms with Gasteiger partial charge in [0.1, 0.15) is 6.54 Å². The number of carbonyl (C=O) groups excluding carboxylic acids is 1. The van der Waals surface area contributed by atoms with Crippen molar-refractivity contribution in [3.63, 3.8) is 0 Å². The molecule has 1 atom stereocenters. The van der Waals surface area contributed by atoms with Gasteiger partial charge in [0.15, 0.2) is 5.96 Å². The van der Waals surface area contributed by atoms with Crippen molar-refractivity contribution in [2.75, 3.05) is 54.0 Å². The maximum Gasteiger partial charge on any atom is 0.243 e. The van der Waals surface area contributed by atoms with E-state index in [0.717, 1.165) is 25.9 Å². The van der Waals surface area contributed by atoms with Crippen LogP contribution in [0.25, 0.3) is 0 Å². The summed E-state index contributed by atoms with van der Waals surface area (Å²) in [5, 5.41) is 6.75. The van der Waals surface area contributed by atoms with E-state index in [1.165, 1.54) is 5.56 Å². The molecular weight excluding hydrogens is 481 g/mol. The third kappa shape index (κ3) is 8.88. The van der Waals surface area contributed by atoms with Gasteiger partial charge in [-0.3, -0.25) is 9.69 Å². The lowest BCUT2D eigenvalue weighted by Crippen LogP contribution is -2.49. The summed E-state index contributed by atoms with van der Waals surface area (Å²) in [6.07, 6.45) is 2.09. The van der Waals surface area contributed by atoms with Crippen molar-refractivity contribution >= 4 is 35.8 Å². The molecule has 1 saturated heterocycles. The van der Waals surface area contributed by atoms with E-state index in [2.05, 4.69) is 57.8 Å². The van der Waals surface area contributed by atoms with Gasteiger partial charge >= 0.3 is 0 Å². The first-order valence-electron chi connectivity index (χ1n) is 10.0. The minimum absolute atomic E-state index is 0. The summed E-state index contributed by atoms with van der Waals surface area (Å²) >= 11 is 0. The molecule has 0 aromatic heterocycles. The van der Waals surface area contributed by atoms with Crippen molar-refractivity contribution in [3.8, 4) is 0 Å². The fraction of sp³-hybridized carbons (Fsp3) is 0.619. The van der Waals surface area contributed by atoms with Crippen LogP contribution in [0.4, 0.5) is 0 Å². The van der Waals surface area contributed by atoms with Crippen LogP contribution in [-0.4, -0.2) is 81.7 Å². The Morgan fingerprint density at radius 1 is 1.28 bits per heavy atom. The number of nitrogens with zero attached hydrogens (tertiary/aromatic N) is 3. The number of hydrogen-bond acceptors (Lipinski definition) is 4. The largest absolute Gasteiger partial charge is 0.383 e.